The van der Waals surface area contributed by atoms with Crippen molar-refractivity contribution >= 4 is 5.91 Å². The first-order valence-corrected chi connectivity index (χ1v) is 10.4. The van der Waals surface area contributed by atoms with Crippen LogP contribution in [-0.2, 0) is 6.54 Å². The first-order valence-electron chi connectivity index (χ1n) is 10.4. The third-order valence-electron chi connectivity index (χ3n) is 4.49. The molecule has 1 aromatic heterocycles. The topological polar surface area (TPSA) is 76.2 Å². The van der Waals surface area contributed by atoms with Crippen molar-refractivity contribution in [2.75, 3.05) is 6.61 Å². The van der Waals surface area contributed by atoms with Crippen molar-refractivity contribution in [3.63, 3.8) is 0 Å². The number of carbonyl (C=O) groups excluding carboxylic acids is 1. The van der Waals surface area contributed by atoms with Gasteiger partial charge in [-0.15, -0.1) is 0 Å². The monoisotopic (exact) mass is 407 g/mol. The van der Waals surface area contributed by atoms with E-state index in [-0.39, 0.29) is 12.0 Å². The van der Waals surface area contributed by atoms with E-state index in [0.717, 1.165) is 35.5 Å². The lowest BCUT2D eigenvalue weighted by molar-refractivity contribution is 0.0946. The number of amides is 1. The average Bonchev–Trinajstić information content (AvgIpc) is 3.23. The fourth-order valence-electron chi connectivity index (χ4n) is 2.94. The van der Waals surface area contributed by atoms with Crippen LogP contribution in [0.1, 0.15) is 49.7 Å². The van der Waals surface area contributed by atoms with E-state index in [9.17, 15) is 4.79 Å². The van der Waals surface area contributed by atoms with Crippen LogP contribution in [0.3, 0.4) is 0 Å². The molecule has 0 fully saturated rings. The van der Waals surface area contributed by atoms with Crippen LogP contribution >= 0.6 is 0 Å². The minimum Gasteiger partial charge on any atom is -0.493 e. The molecule has 0 aliphatic rings. The van der Waals surface area contributed by atoms with Crippen LogP contribution in [0.15, 0.2) is 54.6 Å². The second-order valence-corrected chi connectivity index (χ2v) is 7.36. The summed E-state index contributed by atoms with van der Waals surface area (Å²) >= 11 is 0. The zero-order valence-electron chi connectivity index (χ0n) is 17.8. The maximum Gasteiger partial charge on any atom is 0.269 e. The number of para-hydroxylation sites is 1. The molecule has 0 atom stereocenters. The number of carbonyl (C=O) groups is 1. The first kappa shape index (κ1) is 21.4. The van der Waals surface area contributed by atoms with Crippen LogP contribution in [0.4, 0.5) is 0 Å². The molecule has 3 aromatic rings. The molecule has 0 saturated heterocycles. The predicted octanol–water partition coefficient (Wildman–Crippen LogP) is 4.97. The number of aromatic nitrogens is 2. The number of hydrogen-bond donors (Lipinski definition) is 2. The Balaban J connectivity index is 1.61. The van der Waals surface area contributed by atoms with Gasteiger partial charge in [0, 0.05) is 12.1 Å². The standard InChI is InChI=1S/C24H29N3O3/c1-4-5-14-29-23-9-7-6-8-20(23)21-15-22(27-26-21)24(28)25-16-18-10-12-19(13-11-18)30-17(2)3/h6-13,15,17H,4-5,14,16H2,1-3H3,(H,25,28)(H,26,27). The van der Waals surface area contributed by atoms with Gasteiger partial charge in [-0.3, -0.25) is 9.89 Å². The smallest absolute Gasteiger partial charge is 0.269 e. The largest absolute Gasteiger partial charge is 0.493 e. The van der Waals surface area contributed by atoms with Gasteiger partial charge < -0.3 is 14.8 Å². The second-order valence-electron chi connectivity index (χ2n) is 7.36. The maximum atomic E-state index is 12.5. The lowest BCUT2D eigenvalue weighted by atomic mass is 10.1. The number of ether oxygens (including phenoxy) is 2. The molecule has 2 aromatic carbocycles. The van der Waals surface area contributed by atoms with E-state index in [2.05, 4.69) is 22.4 Å². The quantitative estimate of drug-likeness (QED) is 0.465. The van der Waals surface area contributed by atoms with E-state index in [1.165, 1.54) is 0 Å². The van der Waals surface area contributed by atoms with Crippen molar-refractivity contribution in [3.05, 3.63) is 65.9 Å². The summed E-state index contributed by atoms with van der Waals surface area (Å²) in [5, 5.41) is 10.1. The highest BCUT2D eigenvalue weighted by atomic mass is 16.5. The summed E-state index contributed by atoms with van der Waals surface area (Å²) < 4.78 is 11.5. The fraction of sp³-hybridized carbons (Fsp3) is 0.333. The van der Waals surface area contributed by atoms with Gasteiger partial charge in [0.05, 0.1) is 18.4 Å². The Morgan fingerprint density at radius 1 is 1.13 bits per heavy atom. The van der Waals surface area contributed by atoms with Crippen molar-refractivity contribution in [1.82, 2.24) is 15.5 Å². The summed E-state index contributed by atoms with van der Waals surface area (Å²) in [7, 11) is 0. The SMILES string of the molecule is CCCCOc1ccccc1-c1cc(C(=O)NCc2ccc(OC(C)C)cc2)[nH]n1. The lowest BCUT2D eigenvalue weighted by Gasteiger charge is -2.10. The van der Waals surface area contributed by atoms with Crippen molar-refractivity contribution in [1.29, 1.82) is 0 Å². The number of nitrogens with one attached hydrogen (secondary N) is 2. The van der Waals surface area contributed by atoms with E-state index in [4.69, 9.17) is 9.47 Å². The van der Waals surface area contributed by atoms with Gasteiger partial charge in [0.1, 0.15) is 17.2 Å². The Morgan fingerprint density at radius 3 is 2.63 bits per heavy atom. The number of nitrogens with zero attached hydrogens (tertiary/aromatic N) is 1. The van der Waals surface area contributed by atoms with Crippen molar-refractivity contribution in [2.45, 2.75) is 46.3 Å². The Labute approximate surface area is 177 Å². The normalized spacial score (nSPS) is 10.8. The van der Waals surface area contributed by atoms with Crippen molar-refractivity contribution in [2.24, 2.45) is 0 Å². The van der Waals surface area contributed by atoms with E-state index >= 15 is 0 Å². The zero-order chi connectivity index (χ0) is 21.3. The first-order chi connectivity index (χ1) is 14.6. The van der Waals surface area contributed by atoms with E-state index < -0.39 is 0 Å². The number of unbranched alkanes of at least 4 members (excludes halogenated alkanes) is 1. The third-order valence-corrected chi connectivity index (χ3v) is 4.49. The maximum absolute atomic E-state index is 12.5. The van der Waals surface area contributed by atoms with E-state index in [1.54, 1.807) is 6.07 Å². The van der Waals surface area contributed by atoms with Crippen LogP contribution < -0.4 is 14.8 Å². The molecule has 0 aliphatic heterocycles. The highest BCUT2D eigenvalue weighted by molar-refractivity contribution is 5.93. The molecule has 1 heterocycles. The van der Waals surface area contributed by atoms with Gasteiger partial charge in [-0.2, -0.15) is 5.10 Å². The molecular formula is C24H29N3O3. The number of H-pyrrole nitrogens is 1. The van der Waals surface area contributed by atoms with Crippen molar-refractivity contribution in [3.8, 4) is 22.8 Å². The second kappa shape index (κ2) is 10.5. The van der Waals surface area contributed by atoms with Crippen LogP contribution in [0.2, 0.25) is 0 Å². The fourth-order valence-corrected chi connectivity index (χ4v) is 2.94. The Hall–Kier alpha value is -3.28. The lowest BCUT2D eigenvalue weighted by Crippen LogP contribution is -2.23. The molecule has 6 heteroatoms. The van der Waals surface area contributed by atoms with E-state index in [1.807, 2.05) is 62.4 Å². The molecule has 158 valence electrons. The molecule has 0 unspecified atom stereocenters. The van der Waals surface area contributed by atoms with Crippen LogP contribution in [0.5, 0.6) is 11.5 Å². The highest BCUT2D eigenvalue weighted by Crippen LogP contribution is 2.29. The van der Waals surface area contributed by atoms with Gasteiger partial charge >= 0.3 is 0 Å². The molecule has 0 bridgehead atoms. The number of hydrogen-bond acceptors (Lipinski definition) is 4. The summed E-state index contributed by atoms with van der Waals surface area (Å²) in [6.45, 7) is 7.19. The number of aromatic amines is 1. The summed E-state index contributed by atoms with van der Waals surface area (Å²) in [6, 6.07) is 17.2. The Morgan fingerprint density at radius 2 is 1.90 bits per heavy atom. The number of rotatable bonds is 10. The molecule has 30 heavy (non-hydrogen) atoms. The minimum absolute atomic E-state index is 0.132. The average molecular weight is 408 g/mol. The molecule has 2 N–H and O–H groups in total. The summed E-state index contributed by atoms with van der Waals surface area (Å²) in [4.78, 5) is 12.5. The van der Waals surface area contributed by atoms with Gasteiger partial charge in [0.25, 0.3) is 5.91 Å². The highest BCUT2D eigenvalue weighted by Gasteiger charge is 2.14. The van der Waals surface area contributed by atoms with Gasteiger partial charge in [0.2, 0.25) is 0 Å². The van der Waals surface area contributed by atoms with Gasteiger partial charge in [-0.1, -0.05) is 37.6 Å². The molecule has 0 aliphatic carbocycles. The van der Waals surface area contributed by atoms with Crippen LogP contribution in [0.25, 0.3) is 11.3 Å². The van der Waals surface area contributed by atoms with Gasteiger partial charge in [0.15, 0.2) is 0 Å². The Bertz CT molecular complexity index is 948. The predicted molar refractivity (Wildman–Crippen MR) is 118 cm³/mol. The molecule has 6 nitrogen and oxygen atoms in total. The summed E-state index contributed by atoms with van der Waals surface area (Å²) in [6.07, 6.45) is 2.20. The third kappa shape index (κ3) is 5.86. The molecule has 0 spiro atoms. The van der Waals surface area contributed by atoms with Crippen LogP contribution in [0, 0.1) is 0 Å². The molecular weight excluding hydrogens is 378 g/mol. The molecule has 1 amide bonds. The number of benzene rings is 2. The minimum atomic E-state index is -0.208. The molecule has 3 rings (SSSR count). The molecule has 0 radical (unpaired) electrons. The summed E-state index contributed by atoms with van der Waals surface area (Å²) in [5.41, 5.74) is 2.95. The van der Waals surface area contributed by atoms with E-state index in [0.29, 0.717) is 24.5 Å². The van der Waals surface area contributed by atoms with Crippen LogP contribution in [-0.4, -0.2) is 28.8 Å². The molecule has 0 saturated carbocycles. The van der Waals surface area contributed by atoms with Gasteiger partial charge in [-0.25, -0.2) is 0 Å². The van der Waals surface area contributed by atoms with Gasteiger partial charge in [-0.05, 0) is 56.2 Å². The summed E-state index contributed by atoms with van der Waals surface area (Å²) in [5.74, 6) is 1.38. The Kier molecular flexibility index (Phi) is 7.49. The van der Waals surface area contributed by atoms with Crippen molar-refractivity contribution < 1.29 is 14.3 Å². The zero-order valence-corrected chi connectivity index (χ0v) is 17.8.